The number of H-pyrrole nitrogens is 1. The molecule has 0 aliphatic heterocycles. The van der Waals surface area contributed by atoms with Gasteiger partial charge >= 0.3 is 17.3 Å². The van der Waals surface area contributed by atoms with E-state index in [1.54, 1.807) is 49.5 Å². The summed E-state index contributed by atoms with van der Waals surface area (Å²) in [6.07, 6.45) is 2.39. The van der Waals surface area contributed by atoms with Crippen LogP contribution in [0.15, 0.2) is 87.5 Å². The average Bonchev–Trinajstić information content (AvgIpc) is 2.90. The maximum absolute atomic E-state index is 13.7. The predicted octanol–water partition coefficient (Wildman–Crippen LogP) is 3.63. The Morgan fingerprint density at radius 2 is 1.79 bits per heavy atom. The molecule has 5 rings (SSSR count). The Bertz CT molecular complexity index is 1630. The smallest absolute Gasteiger partial charge is 0.335 e. The number of aromatic amines is 1. The zero-order chi connectivity index (χ0) is 27.4. The summed E-state index contributed by atoms with van der Waals surface area (Å²) in [5, 5.41) is 0. The fourth-order valence-electron chi connectivity index (χ4n) is 4.45. The summed E-state index contributed by atoms with van der Waals surface area (Å²) in [6.45, 7) is 4.25. The van der Waals surface area contributed by atoms with Gasteiger partial charge < -0.3 is 9.47 Å². The Kier molecular flexibility index (Phi) is 7.53. The van der Waals surface area contributed by atoms with E-state index in [-0.39, 0.29) is 24.1 Å². The van der Waals surface area contributed by atoms with Gasteiger partial charge in [-0.2, -0.15) is 0 Å². The number of nitrogens with one attached hydrogen (secondary N) is 1. The Labute approximate surface area is 224 Å². The molecule has 10 heteroatoms. The lowest BCUT2D eigenvalue weighted by atomic mass is 9.80. The molecule has 1 saturated carbocycles. The molecule has 0 bridgehead atoms. The highest BCUT2D eigenvalue weighted by Crippen LogP contribution is 2.36. The van der Waals surface area contributed by atoms with E-state index in [2.05, 4.69) is 15.0 Å². The predicted molar refractivity (Wildman–Crippen MR) is 144 cm³/mol. The SMILES string of the molecule is CCOC(=O)[C@H]1C[C@H](n2c(=O)[nH]/c(=N\c3ccc(Oc4ccccn4)cc3)n(Cc3ccc(C)cc3)c2=O)C1. The van der Waals surface area contributed by atoms with Crippen LogP contribution >= 0.6 is 0 Å². The molecule has 1 aliphatic rings. The molecular formula is C29H29N5O5. The third-order valence-corrected chi connectivity index (χ3v) is 6.62. The number of carbonyl (C=O) groups excluding carboxylic acids is 1. The number of pyridine rings is 1. The van der Waals surface area contributed by atoms with Gasteiger partial charge in [0.25, 0.3) is 0 Å². The van der Waals surface area contributed by atoms with Gasteiger partial charge in [0.15, 0.2) is 0 Å². The van der Waals surface area contributed by atoms with Crippen LogP contribution in [0.3, 0.4) is 0 Å². The monoisotopic (exact) mass is 527 g/mol. The number of carbonyl (C=O) groups is 1. The number of aromatic nitrogens is 4. The number of esters is 1. The van der Waals surface area contributed by atoms with Crippen molar-refractivity contribution in [3.8, 4) is 11.6 Å². The van der Waals surface area contributed by atoms with Crippen LogP contribution in [0.2, 0.25) is 0 Å². The van der Waals surface area contributed by atoms with Gasteiger partial charge in [0.2, 0.25) is 11.5 Å². The highest BCUT2D eigenvalue weighted by molar-refractivity contribution is 5.73. The molecule has 1 fully saturated rings. The summed E-state index contributed by atoms with van der Waals surface area (Å²) in [5.41, 5.74) is 1.58. The van der Waals surface area contributed by atoms with Crippen molar-refractivity contribution in [2.45, 2.75) is 39.3 Å². The molecule has 1 N–H and O–H groups in total. The van der Waals surface area contributed by atoms with Crippen molar-refractivity contribution in [3.05, 3.63) is 111 Å². The number of rotatable bonds is 8. The molecule has 0 unspecified atom stereocenters. The van der Waals surface area contributed by atoms with Crippen LogP contribution in [0.4, 0.5) is 5.69 Å². The number of hydrogen-bond donors (Lipinski definition) is 1. The topological polar surface area (TPSA) is 121 Å². The van der Waals surface area contributed by atoms with Crippen molar-refractivity contribution in [2.75, 3.05) is 6.61 Å². The van der Waals surface area contributed by atoms with Gasteiger partial charge in [-0.15, -0.1) is 0 Å². The Morgan fingerprint density at radius 3 is 2.46 bits per heavy atom. The summed E-state index contributed by atoms with van der Waals surface area (Å²) in [6, 6.07) is 19.7. The van der Waals surface area contributed by atoms with Gasteiger partial charge in [0, 0.05) is 18.3 Å². The standard InChI is InChI=1S/C29H29N5O5/c1-3-38-26(35)21-16-23(17-21)34-28(36)32-27(33(29(34)37)18-20-9-7-19(2)8-10-20)31-22-11-13-24(14-12-22)39-25-6-4-5-15-30-25/h4-15,21,23H,3,16-18H2,1-2H3,(H,31,32,36)/t21-,23-. The van der Waals surface area contributed by atoms with Gasteiger partial charge in [-0.05, 0) is 62.6 Å². The van der Waals surface area contributed by atoms with Gasteiger partial charge in [0.05, 0.1) is 24.8 Å². The molecule has 1 aliphatic carbocycles. The molecule has 2 aromatic heterocycles. The average molecular weight is 528 g/mol. The molecule has 0 saturated heterocycles. The van der Waals surface area contributed by atoms with Crippen LogP contribution in [0.5, 0.6) is 11.6 Å². The van der Waals surface area contributed by atoms with Crippen LogP contribution in [-0.2, 0) is 16.1 Å². The minimum Gasteiger partial charge on any atom is -0.466 e. The second kappa shape index (κ2) is 11.3. The van der Waals surface area contributed by atoms with Crippen molar-refractivity contribution in [3.63, 3.8) is 0 Å². The maximum atomic E-state index is 13.7. The normalized spacial score (nSPS) is 16.9. The molecule has 39 heavy (non-hydrogen) atoms. The Morgan fingerprint density at radius 1 is 1.05 bits per heavy atom. The molecular weight excluding hydrogens is 498 g/mol. The van der Waals surface area contributed by atoms with Gasteiger partial charge in [-0.3, -0.25) is 14.3 Å². The fraction of sp³-hybridized carbons (Fsp3) is 0.276. The number of benzene rings is 2. The third kappa shape index (κ3) is 5.90. The third-order valence-electron chi connectivity index (χ3n) is 6.62. The molecule has 2 heterocycles. The lowest BCUT2D eigenvalue weighted by Gasteiger charge is -2.34. The zero-order valence-electron chi connectivity index (χ0n) is 21.7. The highest BCUT2D eigenvalue weighted by atomic mass is 16.5. The molecule has 0 spiro atoms. The maximum Gasteiger partial charge on any atom is 0.335 e. The second-order valence-electron chi connectivity index (χ2n) is 9.43. The molecule has 0 amide bonds. The van der Waals surface area contributed by atoms with Gasteiger partial charge in [-0.25, -0.2) is 24.1 Å². The highest BCUT2D eigenvalue weighted by Gasteiger charge is 2.38. The van der Waals surface area contributed by atoms with Gasteiger partial charge in [0.1, 0.15) is 5.75 Å². The number of aryl methyl sites for hydroxylation is 1. The van der Waals surface area contributed by atoms with Crippen molar-refractivity contribution in [1.82, 2.24) is 19.1 Å². The lowest BCUT2D eigenvalue weighted by Crippen LogP contribution is -2.53. The first-order chi connectivity index (χ1) is 18.9. The molecule has 0 radical (unpaired) electrons. The Hall–Kier alpha value is -4.73. The first kappa shape index (κ1) is 25.9. The van der Waals surface area contributed by atoms with Crippen LogP contribution in [-0.4, -0.2) is 31.7 Å². The first-order valence-corrected chi connectivity index (χ1v) is 12.8. The largest absolute Gasteiger partial charge is 0.466 e. The Balaban J connectivity index is 1.49. The van der Waals surface area contributed by atoms with Crippen LogP contribution in [0.1, 0.15) is 36.9 Å². The number of ether oxygens (including phenoxy) is 2. The second-order valence-corrected chi connectivity index (χ2v) is 9.43. The van der Waals surface area contributed by atoms with E-state index < -0.39 is 17.4 Å². The molecule has 0 atom stereocenters. The van der Waals surface area contributed by atoms with E-state index in [9.17, 15) is 14.4 Å². The fourth-order valence-corrected chi connectivity index (χ4v) is 4.45. The quantitative estimate of drug-likeness (QED) is 0.350. The van der Waals surface area contributed by atoms with Crippen LogP contribution < -0.4 is 21.7 Å². The minimum atomic E-state index is -0.568. The molecule has 2 aromatic carbocycles. The van der Waals surface area contributed by atoms with Crippen LogP contribution in [0.25, 0.3) is 0 Å². The molecule has 4 aromatic rings. The van der Waals surface area contributed by atoms with Crippen molar-refractivity contribution >= 4 is 11.7 Å². The summed E-state index contributed by atoms with van der Waals surface area (Å²) >= 11 is 0. The van der Waals surface area contributed by atoms with Crippen molar-refractivity contribution < 1.29 is 14.3 Å². The van der Waals surface area contributed by atoms with Gasteiger partial charge in [-0.1, -0.05) is 35.9 Å². The number of nitrogens with zero attached hydrogens (tertiary/aromatic N) is 4. The summed E-state index contributed by atoms with van der Waals surface area (Å²) < 4.78 is 13.5. The molecule has 10 nitrogen and oxygen atoms in total. The van der Waals surface area contributed by atoms with E-state index in [1.807, 2.05) is 37.3 Å². The van der Waals surface area contributed by atoms with E-state index in [0.717, 1.165) is 11.1 Å². The lowest BCUT2D eigenvalue weighted by molar-refractivity contribution is -0.152. The van der Waals surface area contributed by atoms with E-state index in [1.165, 1.54) is 9.13 Å². The summed E-state index contributed by atoms with van der Waals surface area (Å²) in [4.78, 5) is 50.3. The van der Waals surface area contributed by atoms with Crippen LogP contribution in [0, 0.1) is 12.8 Å². The van der Waals surface area contributed by atoms with E-state index in [4.69, 9.17) is 9.47 Å². The van der Waals surface area contributed by atoms with E-state index in [0.29, 0.717) is 36.8 Å². The van der Waals surface area contributed by atoms with Crippen molar-refractivity contribution in [1.29, 1.82) is 0 Å². The zero-order valence-corrected chi connectivity index (χ0v) is 21.7. The van der Waals surface area contributed by atoms with E-state index >= 15 is 0 Å². The number of hydrogen-bond acceptors (Lipinski definition) is 7. The van der Waals surface area contributed by atoms with Crippen molar-refractivity contribution in [2.24, 2.45) is 10.9 Å². The minimum absolute atomic E-state index is 0.126. The first-order valence-electron chi connectivity index (χ1n) is 12.8. The summed E-state index contributed by atoms with van der Waals surface area (Å²) in [5.74, 6) is 0.424. The molecule has 200 valence electrons. The summed E-state index contributed by atoms with van der Waals surface area (Å²) in [7, 11) is 0.